The van der Waals surface area contributed by atoms with E-state index in [1.807, 2.05) is 30.5 Å². The molecule has 1 N–H and O–H groups in total. The lowest BCUT2D eigenvalue weighted by Crippen LogP contribution is -2.00. The molecule has 1 aromatic carbocycles. The van der Waals surface area contributed by atoms with Crippen LogP contribution < -0.4 is 0 Å². The minimum Gasteiger partial charge on any atom is -0.392 e. The van der Waals surface area contributed by atoms with Crippen molar-refractivity contribution >= 4 is 0 Å². The molecule has 0 radical (unpaired) electrons. The Labute approximate surface area is 89.8 Å². The largest absolute Gasteiger partial charge is 0.392 e. The molecule has 0 spiro atoms. The lowest BCUT2D eigenvalue weighted by Gasteiger charge is -2.10. The van der Waals surface area contributed by atoms with Crippen LogP contribution in [-0.4, -0.2) is 9.67 Å². The summed E-state index contributed by atoms with van der Waals surface area (Å²) in [6.07, 6.45) is 2.04. The number of benzene rings is 1. The van der Waals surface area contributed by atoms with Gasteiger partial charge in [-0.3, -0.25) is 0 Å². The highest BCUT2D eigenvalue weighted by molar-refractivity contribution is 5.43. The quantitative estimate of drug-likeness (QED) is 0.793. The van der Waals surface area contributed by atoms with Crippen LogP contribution in [-0.2, 0) is 6.61 Å². The summed E-state index contributed by atoms with van der Waals surface area (Å²) in [5.41, 5.74) is 4.50. The highest BCUT2D eigenvalue weighted by Crippen LogP contribution is 2.19. The van der Waals surface area contributed by atoms with Crippen LogP contribution in [0, 0.1) is 13.8 Å². The molecule has 0 unspecified atom stereocenters. The SMILES string of the molecule is Cc1ccn(-c2ccccc2CO)c1C. The van der Waals surface area contributed by atoms with Crippen LogP contribution in [0.2, 0.25) is 0 Å². The van der Waals surface area contributed by atoms with Gasteiger partial charge in [0.1, 0.15) is 0 Å². The van der Waals surface area contributed by atoms with Gasteiger partial charge in [-0.05, 0) is 31.5 Å². The number of para-hydroxylation sites is 1. The van der Waals surface area contributed by atoms with Crippen molar-refractivity contribution in [1.29, 1.82) is 0 Å². The van der Waals surface area contributed by atoms with Gasteiger partial charge in [-0.1, -0.05) is 18.2 Å². The molecule has 0 amide bonds. The molecule has 2 nitrogen and oxygen atoms in total. The number of nitrogens with zero attached hydrogens (tertiary/aromatic N) is 1. The predicted molar refractivity (Wildman–Crippen MR) is 61.2 cm³/mol. The Bertz CT molecular complexity index is 471. The van der Waals surface area contributed by atoms with E-state index in [2.05, 4.69) is 24.5 Å². The second-order valence-electron chi connectivity index (χ2n) is 3.74. The molecular weight excluding hydrogens is 186 g/mol. The number of rotatable bonds is 2. The summed E-state index contributed by atoms with van der Waals surface area (Å²) in [4.78, 5) is 0. The normalized spacial score (nSPS) is 10.6. The number of aromatic nitrogens is 1. The Morgan fingerprint density at radius 1 is 1.13 bits per heavy atom. The molecule has 2 heteroatoms. The molecule has 15 heavy (non-hydrogen) atoms. The fourth-order valence-electron chi connectivity index (χ4n) is 1.75. The molecule has 1 heterocycles. The van der Waals surface area contributed by atoms with Crippen molar-refractivity contribution in [1.82, 2.24) is 4.57 Å². The van der Waals surface area contributed by atoms with Crippen molar-refractivity contribution < 1.29 is 5.11 Å². The summed E-state index contributed by atoms with van der Waals surface area (Å²) < 4.78 is 2.11. The van der Waals surface area contributed by atoms with Crippen molar-refractivity contribution in [3.05, 3.63) is 53.3 Å². The molecule has 0 saturated heterocycles. The van der Waals surface area contributed by atoms with Gasteiger partial charge in [-0.15, -0.1) is 0 Å². The summed E-state index contributed by atoms with van der Waals surface area (Å²) in [5, 5.41) is 9.26. The van der Waals surface area contributed by atoms with Crippen LogP contribution in [0.4, 0.5) is 0 Å². The number of aryl methyl sites for hydroxylation is 1. The molecule has 2 rings (SSSR count). The minimum absolute atomic E-state index is 0.0762. The van der Waals surface area contributed by atoms with E-state index in [-0.39, 0.29) is 6.61 Å². The van der Waals surface area contributed by atoms with Gasteiger partial charge in [0, 0.05) is 17.5 Å². The summed E-state index contributed by atoms with van der Waals surface area (Å²) in [6, 6.07) is 10.00. The van der Waals surface area contributed by atoms with Gasteiger partial charge in [0.05, 0.1) is 12.3 Å². The van der Waals surface area contributed by atoms with Gasteiger partial charge in [0.25, 0.3) is 0 Å². The number of aliphatic hydroxyl groups is 1. The first-order valence-electron chi connectivity index (χ1n) is 5.07. The zero-order valence-electron chi connectivity index (χ0n) is 9.07. The summed E-state index contributed by atoms with van der Waals surface area (Å²) in [7, 11) is 0. The van der Waals surface area contributed by atoms with Gasteiger partial charge in [0.2, 0.25) is 0 Å². The number of aliphatic hydroxyl groups excluding tert-OH is 1. The van der Waals surface area contributed by atoms with Gasteiger partial charge in [0.15, 0.2) is 0 Å². The Kier molecular flexibility index (Phi) is 2.60. The second kappa shape index (κ2) is 3.91. The standard InChI is InChI=1S/C13H15NO/c1-10-7-8-14(11(10)2)13-6-4-3-5-12(13)9-15/h3-8,15H,9H2,1-2H3. The van der Waals surface area contributed by atoms with Crippen molar-refractivity contribution in [3.8, 4) is 5.69 Å². The minimum atomic E-state index is 0.0762. The van der Waals surface area contributed by atoms with E-state index >= 15 is 0 Å². The summed E-state index contributed by atoms with van der Waals surface area (Å²) in [5.74, 6) is 0. The van der Waals surface area contributed by atoms with E-state index in [4.69, 9.17) is 0 Å². The lowest BCUT2D eigenvalue weighted by molar-refractivity contribution is 0.281. The molecule has 78 valence electrons. The van der Waals surface area contributed by atoms with Crippen molar-refractivity contribution in [2.45, 2.75) is 20.5 Å². The maximum absolute atomic E-state index is 9.26. The fraction of sp³-hybridized carbons (Fsp3) is 0.231. The van der Waals surface area contributed by atoms with E-state index in [9.17, 15) is 5.11 Å². The average molecular weight is 201 g/mol. The summed E-state index contributed by atoms with van der Waals surface area (Å²) >= 11 is 0. The molecule has 1 aromatic heterocycles. The highest BCUT2D eigenvalue weighted by Gasteiger charge is 2.06. The second-order valence-corrected chi connectivity index (χ2v) is 3.74. The highest BCUT2D eigenvalue weighted by atomic mass is 16.3. The van der Waals surface area contributed by atoms with Crippen LogP contribution in [0.5, 0.6) is 0 Å². The topological polar surface area (TPSA) is 25.2 Å². The maximum Gasteiger partial charge on any atom is 0.0702 e. The van der Waals surface area contributed by atoms with Gasteiger partial charge >= 0.3 is 0 Å². The Morgan fingerprint density at radius 2 is 1.87 bits per heavy atom. The van der Waals surface area contributed by atoms with Crippen molar-refractivity contribution in [3.63, 3.8) is 0 Å². The Hall–Kier alpha value is -1.54. The van der Waals surface area contributed by atoms with Crippen LogP contribution in [0.25, 0.3) is 5.69 Å². The predicted octanol–water partition coefficient (Wildman–Crippen LogP) is 2.59. The van der Waals surface area contributed by atoms with E-state index < -0.39 is 0 Å². The fourth-order valence-corrected chi connectivity index (χ4v) is 1.75. The first-order valence-corrected chi connectivity index (χ1v) is 5.07. The first kappa shape index (κ1) is 9.99. The number of hydrogen-bond acceptors (Lipinski definition) is 1. The van der Waals surface area contributed by atoms with Crippen LogP contribution in [0.3, 0.4) is 0 Å². The summed E-state index contributed by atoms with van der Waals surface area (Å²) in [6.45, 7) is 4.25. The molecule has 0 fully saturated rings. The monoisotopic (exact) mass is 201 g/mol. The third-order valence-electron chi connectivity index (χ3n) is 2.83. The third kappa shape index (κ3) is 1.68. The van der Waals surface area contributed by atoms with Crippen LogP contribution >= 0.6 is 0 Å². The molecule has 0 aliphatic rings. The Morgan fingerprint density at radius 3 is 2.47 bits per heavy atom. The van der Waals surface area contributed by atoms with Crippen molar-refractivity contribution in [2.24, 2.45) is 0 Å². The molecule has 0 saturated carbocycles. The smallest absolute Gasteiger partial charge is 0.0702 e. The van der Waals surface area contributed by atoms with Gasteiger partial charge in [-0.2, -0.15) is 0 Å². The average Bonchev–Trinajstić information content (AvgIpc) is 2.60. The van der Waals surface area contributed by atoms with E-state index in [0.29, 0.717) is 0 Å². The van der Waals surface area contributed by atoms with E-state index in [0.717, 1.165) is 11.3 Å². The van der Waals surface area contributed by atoms with Crippen molar-refractivity contribution in [2.75, 3.05) is 0 Å². The zero-order chi connectivity index (χ0) is 10.8. The maximum atomic E-state index is 9.26. The van der Waals surface area contributed by atoms with E-state index in [1.54, 1.807) is 0 Å². The van der Waals surface area contributed by atoms with Crippen LogP contribution in [0.1, 0.15) is 16.8 Å². The van der Waals surface area contributed by atoms with E-state index in [1.165, 1.54) is 11.3 Å². The Balaban J connectivity index is 2.58. The lowest BCUT2D eigenvalue weighted by atomic mass is 10.2. The molecule has 2 aromatic rings. The van der Waals surface area contributed by atoms with Gasteiger partial charge in [-0.25, -0.2) is 0 Å². The molecule has 0 aliphatic carbocycles. The third-order valence-corrected chi connectivity index (χ3v) is 2.83. The zero-order valence-corrected chi connectivity index (χ0v) is 9.07. The molecular formula is C13H15NO. The first-order chi connectivity index (χ1) is 7.24. The molecule has 0 bridgehead atoms. The molecule has 0 aliphatic heterocycles. The van der Waals surface area contributed by atoms with Gasteiger partial charge < -0.3 is 9.67 Å². The number of hydrogen-bond donors (Lipinski definition) is 1. The van der Waals surface area contributed by atoms with Crippen LogP contribution in [0.15, 0.2) is 36.5 Å². The molecule has 0 atom stereocenters.